The molecular formula is C44H56N2O11. The Labute approximate surface area is 334 Å². The molecule has 13 heteroatoms. The largest absolute Gasteiger partial charge is 0.462 e. The highest BCUT2D eigenvalue weighted by Crippen LogP contribution is 2.43. The molecule has 0 saturated carbocycles. The number of hydrogen-bond acceptors (Lipinski definition) is 11. The van der Waals surface area contributed by atoms with Gasteiger partial charge in [0.15, 0.2) is 5.79 Å². The second-order valence-electron chi connectivity index (χ2n) is 15.6. The van der Waals surface area contributed by atoms with Crippen molar-refractivity contribution in [2.45, 2.75) is 122 Å². The Bertz CT molecular complexity index is 1810. The van der Waals surface area contributed by atoms with Crippen molar-refractivity contribution in [1.29, 1.82) is 0 Å². The molecule has 57 heavy (non-hydrogen) atoms. The number of aliphatic hydroxyl groups excluding tert-OH is 1. The minimum Gasteiger partial charge on any atom is -0.462 e. The highest BCUT2D eigenvalue weighted by atomic mass is 16.8. The van der Waals surface area contributed by atoms with Gasteiger partial charge in [0.05, 0.1) is 12.2 Å². The van der Waals surface area contributed by atoms with Crippen LogP contribution in [0.25, 0.3) is 6.08 Å². The predicted molar refractivity (Wildman–Crippen MR) is 210 cm³/mol. The fraction of sp³-hybridized carbons (Fsp3) is 0.523. The summed E-state index contributed by atoms with van der Waals surface area (Å²) in [6, 6.07) is 13.4. The lowest BCUT2D eigenvalue weighted by molar-refractivity contribution is -0.190. The molecule has 0 aromatic heterocycles. The molecule has 2 saturated heterocycles. The Balaban J connectivity index is 1.32. The SMILES string of the molecule is CCCCCC1(CCCCC)OC2C=C(C(=O)NCc3cccc(C(=O)NCCO)c3)CC(OC(=O)c3cccc(C=CC(=O)OC4C(=O)OCC4(C)C)c3)C2O1. The molecule has 2 aromatic carbocycles. The van der Waals surface area contributed by atoms with E-state index in [0.29, 0.717) is 35.1 Å². The van der Waals surface area contributed by atoms with Gasteiger partial charge in [-0.3, -0.25) is 9.59 Å². The first-order chi connectivity index (χ1) is 27.4. The summed E-state index contributed by atoms with van der Waals surface area (Å²) in [5, 5.41) is 14.6. The van der Waals surface area contributed by atoms with E-state index in [1.54, 1.807) is 68.5 Å². The van der Waals surface area contributed by atoms with Crippen molar-refractivity contribution in [3.8, 4) is 0 Å². The van der Waals surface area contributed by atoms with Crippen LogP contribution in [0.4, 0.5) is 0 Å². The van der Waals surface area contributed by atoms with Crippen LogP contribution < -0.4 is 10.6 Å². The van der Waals surface area contributed by atoms with E-state index in [1.165, 1.54) is 12.2 Å². The van der Waals surface area contributed by atoms with Crippen molar-refractivity contribution < 1.29 is 52.8 Å². The quantitative estimate of drug-likeness (QED) is 0.0686. The monoisotopic (exact) mass is 788 g/mol. The molecule has 3 aliphatic rings. The van der Waals surface area contributed by atoms with Crippen LogP contribution in [0, 0.1) is 5.41 Å². The number of unbranched alkanes of at least 4 members (excludes halogenated alkanes) is 4. The Kier molecular flexibility index (Phi) is 15.2. The average Bonchev–Trinajstić information content (AvgIpc) is 3.70. The van der Waals surface area contributed by atoms with Gasteiger partial charge in [0, 0.05) is 55.0 Å². The van der Waals surface area contributed by atoms with E-state index in [4.69, 9.17) is 28.8 Å². The molecule has 0 radical (unpaired) electrons. The van der Waals surface area contributed by atoms with Crippen molar-refractivity contribution in [3.05, 3.63) is 88.5 Å². The number of nitrogens with one attached hydrogen (secondary N) is 2. The number of fused-ring (bicyclic) bond motifs is 1. The zero-order valence-corrected chi connectivity index (χ0v) is 33.4. The first-order valence-electron chi connectivity index (χ1n) is 20.1. The second kappa shape index (κ2) is 20.0. The van der Waals surface area contributed by atoms with Gasteiger partial charge in [0.2, 0.25) is 12.0 Å². The van der Waals surface area contributed by atoms with Crippen molar-refractivity contribution in [3.63, 3.8) is 0 Å². The number of ether oxygens (including phenoxy) is 5. The van der Waals surface area contributed by atoms with Crippen molar-refractivity contribution in [2.75, 3.05) is 19.8 Å². The van der Waals surface area contributed by atoms with E-state index in [9.17, 15) is 24.0 Å². The third-order valence-electron chi connectivity index (χ3n) is 10.4. The fourth-order valence-electron chi connectivity index (χ4n) is 7.22. The van der Waals surface area contributed by atoms with Crippen LogP contribution in [0.15, 0.2) is 66.3 Å². The summed E-state index contributed by atoms with van der Waals surface area (Å²) < 4.78 is 30.1. The van der Waals surface area contributed by atoms with Crippen molar-refractivity contribution >= 4 is 35.8 Å². The molecule has 5 rings (SSSR count). The summed E-state index contributed by atoms with van der Waals surface area (Å²) in [6.45, 7) is 8.08. The zero-order chi connectivity index (χ0) is 41.0. The lowest BCUT2D eigenvalue weighted by atomic mass is 9.90. The summed E-state index contributed by atoms with van der Waals surface area (Å²) in [6.07, 6.45) is 8.61. The molecule has 2 aromatic rings. The highest BCUT2D eigenvalue weighted by molar-refractivity contribution is 5.95. The molecule has 2 fully saturated rings. The average molecular weight is 789 g/mol. The number of cyclic esters (lactones) is 1. The molecule has 4 unspecified atom stereocenters. The van der Waals surface area contributed by atoms with E-state index >= 15 is 0 Å². The maximum atomic E-state index is 13.8. The van der Waals surface area contributed by atoms with Crippen LogP contribution in [-0.2, 0) is 44.6 Å². The van der Waals surface area contributed by atoms with Gasteiger partial charge in [-0.15, -0.1) is 0 Å². The third-order valence-corrected chi connectivity index (χ3v) is 10.4. The molecule has 4 atom stereocenters. The zero-order valence-electron chi connectivity index (χ0n) is 33.4. The summed E-state index contributed by atoms with van der Waals surface area (Å²) in [4.78, 5) is 64.7. The van der Waals surface area contributed by atoms with Crippen LogP contribution in [0.2, 0.25) is 0 Å². The second-order valence-corrected chi connectivity index (χ2v) is 15.6. The standard InChI is InChI=1S/C44H56N2O11/c1-5-7-9-19-44(20-10-8-6-2)56-35-26-33(40(50)46-27-30-14-12-15-31(24-30)39(49)45-21-22-47)25-34(37(35)57-44)54-41(51)32-16-11-13-29(23-32)17-18-36(48)55-38-42(52)53-28-43(38,3)4/h11-18,23-24,26,34-35,37-38,47H,5-10,19-22,25,27-28H2,1-4H3,(H,45,49)(H,46,50). The minimum atomic E-state index is -1.02. The molecule has 13 nitrogen and oxygen atoms in total. The molecular weight excluding hydrogens is 732 g/mol. The Hall–Kier alpha value is -4.85. The molecule has 2 aliphatic heterocycles. The molecule has 308 valence electrons. The van der Waals surface area contributed by atoms with Crippen molar-refractivity contribution in [1.82, 2.24) is 10.6 Å². The van der Waals surface area contributed by atoms with Gasteiger partial charge in [-0.25, -0.2) is 14.4 Å². The fourth-order valence-corrected chi connectivity index (χ4v) is 7.22. The molecule has 0 spiro atoms. The van der Waals surface area contributed by atoms with E-state index in [1.807, 2.05) is 0 Å². The number of esters is 3. The minimum absolute atomic E-state index is 0.0804. The summed E-state index contributed by atoms with van der Waals surface area (Å²) in [5.41, 5.74) is 1.59. The smallest absolute Gasteiger partial charge is 0.348 e. The van der Waals surface area contributed by atoms with Gasteiger partial charge in [-0.1, -0.05) is 77.6 Å². The van der Waals surface area contributed by atoms with Gasteiger partial charge in [-0.2, -0.15) is 0 Å². The lowest BCUT2D eigenvalue weighted by Gasteiger charge is -2.31. The van der Waals surface area contributed by atoms with E-state index in [0.717, 1.165) is 38.5 Å². The number of rotatable bonds is 19. The third kappa shape index (κ3) is 11.6. The number of amides is 2. The van der Waals surface area contributed by atoms with Gasteiger partial charge in [0.1, 0.15) is 24.9 Å². The number of benzene rings is 2. The molecule has 2 heterocycles. The predicted octanol–water partition coefficient (Wildman–Crippen LogP) is 5.73. The van der Waals surface area contributed by atoms with E-state index < -0.39 is 53.5 Å². The van der Waals surface area contributed by atoms with E-state index in [2.05, 4.69) is 24.5 Å². The maximum Gasteiger partial charge on any atom is 0.348 e. The van der Waals surface area contributed by atoms with Gasteiger partial charge in [0.25, 0.3) is 5.91 Å². The summed E-state index contributed by atoms with van der Waals surface area (Å²) in [7, 11) is 0. The van der Waals surface area contributed by atoms with Crippen molar-refractivity contribution in [2.24, 2.45) is 5.41 Å². The molecule has 2 amide bonds. The van der Waals surface area contributed by atoms with Crippen LogP contribution >= 0.6 is 0 Å². The maximum absolute atomic E-state index is 13.8. The normalized spacial score (nSPS) is 22.0. The Morgan fingerprint density at radius 3 is 2.30 bits per heavy atom. The summed E-state index contributed by atoms with van der Waals surface area (Å²) >= 11 is 0. The first kappa shape index (κ1) is 43.3. The molecule has 3 N–H and O–H groups in total. The highest BCUT2D eigenvalue weighted by Gasteiger charge is 2.52. The molecule has 1 aliphatic carbocycles. The van der Waals surface area contributed by atoms with Crippen LogP contribution in [0.1, 0.15) is 117 Å². The van der Waals surface area contributed by atoms with Crippen LogP contribution in [0.5, 0.6) is 0 Å². The van der Waals surface area contributed by atoms with Crippen LogP contribution in [-0.4, -0.2) is 84.8 Å². The van der Waals surface area contributed by atoms with Crippen LogP contribution in [0.3, 0.4) is 0 Å². The number of aliphatic hydroxyl groups is 1. The lowest BCUT2D eigenvalue weighted by Crippen LogP contribution is -2.43. The topological polar surface area (TPSA) is 176 Å². The van der Waals surface area contributed by atoms with E-state index in [-0.39, 0.29) is 50.1 Å². The molecule has 0 bridgehead atoms. The van der Waals surface area contributed by atoms with Gasteiger partial charge < -0.3 is 39.4 Å². The number of carbonyl (C=O) groups is 5. The summed E-state index contributed by atoms with van der Waals surface area (Å²) in [5.74, 6) is -3.52. The number of carbonyl (C=O) groups excluding carboxylic acids is 5. The van der Waals surface area contributed by atoms with Gasteiger partial charge >= 0.3 is 17.9 Å². The number of hydrogen-bond donors (Lipinski definition) is 3. The Morgan fingerprint density at radius 1 is 0.895 bits per heavy atom. The Morgan fingerprint density at radius 2 is 1.61 bits per heavy atom. The van der Waals surface area contributed by atoms with Gasteiger partial charge in [-0.05, 0) is 60.4 Å². The first-order valence-corrected chi connectivity index (χ1v) is 20.1.